The first kappa shape index (κ1) is 19.3. The maximum Gasteiger partial charge on any atom is 0.411 e. The van der Waals surface area contributed by atoms with E-state index < -0.39 is 6.09 Å². The van der Waals surface area contributed by atoms with Gasteiger partial charge in [0.2, 0.25) is 0 Å². The van der Waals surface area contributed by atoms with Gasteiger partial charge in [-0.1, -0.05) is 42.5 Å². The number of aryl methyl sites for hydroxylation is 1. The summed E-state index contributed by atoms with van der Waals surface area (Å²) >= 11 is 0. The third-order valence-corrected chi connectivity index (χ3v) is 3.85. The number of anilines is 1. The summed E-state index contributed by atoms with van der Waals surface area (Å²) in [5.41, 5.74) is 3.13. The molecule has 2 rings (SSSR count). The summed E-state index contributed by atoms with van der Waals surface area (Å²) in [5, 5.41) is 9.23. The molecule has 0 saturated heterocycles. The molecule has 6 nitrogen and oxygen atoms in total. The number of carbonyl (C=O) groups excluding carboxylic acids is 1. The Labute approximate surface area is 154 Å². The van der Waals surface area contributed by atoms with E-state index in [1.807, 2.05) is 30.3 Å². The molecular formula is C20H26N4O2. The molecule has 0 atom stereocenters. The highest BCUT2D eigenvalue weighted by Crippen LogP contribution is 2.09. The molecule has 2 aromatic carbocycles. The molecule has 0 radical (unpaired) electrons. The molecule has 138 valence electrons. The quantitative estimate of drug-likeness (QED) is 0.406. The Balaban J connectivity index is 1.70. The number of hydrogen-bond acceptors (Lipinski definition) is 3. The van der Waals surface area contributed by atoms with E-state index in [-0.39, 0.29) is 0 Å². The van der Waals surface area contributed by atoms with Crippen molar-refractivity contribution in [2.75, 3.05) is 26.0 Å². The van der Waals surface area contributed by atoms with Crippen LogP contribution in [-0.2, 0) is 17.7 Å². The fraction of sp³-hybridized carbons (Fsp3) is 0.300. The van der Waals surface area contributed by atoms with Crippen LogP contribution in [-0.4, -0.2) is 32.8 Å². The van der Waals surface area contributed by atoms with Crippen molar-refractivity contribution in [2.45, 2.75) is 19.4 Å². The Morgan fingerprint density at radius 2 is 1.73 bits per heavy atom. The Kier molecular flexibility index (Phi) is 7.99. The molecule has 0 aliphatic heterocycles. The van der Waals surface area contributed by atoms with Crippen LogP contribution in [0.15, 0.2) is 59.6 Å². The standard InChI is InChI=1S/C20H26N4O2/c1-21-19(22-14-6-9-16-7-4-3-5-8-16)23-15-17-10-12-18(13-11-17)24-20(25)26-2/h3-5,7-8,10-13H,6,9,14-15H2,1-2H3,(H,24,25)(H2,21,22,23). The van der Waals surface area contributed by atoms with Crippen molar-refractivity contribution in [1.29, 1.82) is 0 Å². The summed E-state index contributed by atoms with van der Waals surface area (Å²) in [7, 11) is 3.10. The Morgan fingerprint density at radius 1 is 1.00 bits per heavy atom. The van der Waals surface area contributed by atoms with Crippen LogP contribution in [0.5, 0.6) is 0 Å². The van der Waals surface area contributed by atoms with Gasteiger partial charge in [0.25, 0.3) is 0 Å². The van der Waals surface area contributed by atoms with Crippen LogP contribution < -0.4 is 16.0 Å². The molecule has 26 heavy (non-hydrogen) atoms. The monoisotopic (exact) mass is 354 g/mol. The first-order valence-corrected chi connectivity index (χ1v) is 8.63. The molecule has 0 aliphatic rings. The molecule has 3 N–H and O–H groups in total. The van der Waals surface area contributed by atoms with Gasteiger partial charge < -0.3 is 15.4 Å². The third-order valence-electron chi connectivity index (χ3n) is 3.85. The van der Waals surface area contributed by atoms with Crippen LogP contribution in [0.4, 0.5) is 10.5 Å². The molecule has 0 spiro atoms. The maximum atomic E-state index is 11.2. The van der Waals surface area contributed by atoms with Crippen LogP contribution >= 0.6 is 0 Å². The summed E-state index contributed by atoms with van der Waals surface area (Å²) < 4.78 is 4.57. The number of methoxy groups -OCH3 is 1. The number of rotatable bonds is 7. The van der Waals surface area contributed by atoms with E-state index in [9.17, 15) is 4.79 Å². The van der Waals surface area contributed by atoms with Crippen molar-refractivity contribution in [3.63, 3.8) is 0 Å². The predicted octanol–water partition coefficient (Wildman–Crippen LogP) is 3.16. The molecule has 0 unspecified atom stereocenters. The second-order valence-electron chi connectivity index (χ2n) is 5.76. The first-order valence-electron chi connectivity index (χ1n) is 8.63. The van der Waals surface area contributed by atoms with Crippen molar-refractivity contribution in [1.82, 2.24) is 10.6 Å². The van der Waals surface area contributed by atoms with Gasteiger partial charge >= 0.3 is 6.09 Å². The van der Waals surface area contributed by atoms with Gasteiger partial charge in [-0.25, -0.2) is 4.79 Å². The summed E-state index contributed by atoms with van der Waals surface area (Å²) in [6, 6.07) is 18.0. The number of ether oxygens (including phenoxy) is 1. The lowest BCUT2D eigenvalue weighted by Gasteiger charge is -2.12. The summed E-state index contributed by atoms with van der Waals surface area (Å²) in [6.45, 7) is 1.51. The fourth-order valence-corrected chi connectivity index (χ4v) is 2.43. The van der Waals surface area contributed by atoms with Gasteiger partial charge in [-0.3, -0.25) is 10.3 Å². The molecule has 0 bridgehead atoms. The normalized spacial score (nSPS) is 10.9. The Bertz CT molecular complexity index is 700. The Hall–Kier alpha value is -3.02. The van der Waals surface area contributed by atoms with Gasteiger partial charge in [-0.2, -0.15) is 0 Å². The second-order valence-corrected chi connectivity index (χ2v) is 5.76. The zero-order valence-electron chi connectivity index (χ0n) is 15.3. The minimum atomic E-state index is -0.476. The number of aliphatic imine (C=N–C) groups is 1. The number of hydrogen-bond donors (Lipinski definition) is 3. The number of guanidine groups is 1. The van der Waals surface area contributed by atoms with Crippen molar-refractivity contribution in [2.24, 2.45) is 4.99 Å². The lowest BCUT2D eigenvalue weighted by Crippen LogP contribution is -2.37. The zero-order chi connectivity index (χ0) is 18.6. The lowest BCUT2D eigenvalue weighted by molar-refractivity contribution is 0.187. The number of carbonyl (C=O) groups is 1. The molecule has 0 aromatic heterocycles. The molecule has 0 aliphatic carbocycles. The van der Waals surface area contributed by atoms with Crippen molar-refractivity contribution >= 4 is 17.7 Å². The van der Waals surface area contributed by atoms with E-state index in [0.29, 0.717) is 12.2 Å². The van der Waals surface area contributed by atoms with Crippen LogP contribution in [0, 0.1) is 0 Å². The summed E-state index contributed by atoms with van der Waals surface area (Å²) in [5.74, 6) is 0.773. The smallest absolute Gasteiger partial charge is 0.411 e. The third kappa shape index (κ3) is 6.84. The van der Waals surface area contributed by atoms with Crippen LogP contribution in [0.1, 0.15) is 17.5 Å². The van der Waals surface area contributed by atoms with Gasteiger partial charge in [-0.05, 0) is 36.1 Å². The molecule has 2 aromatic rings. The van der Waals surface area contributed by atoms with Gasteiger partial charge in [0.1, 0.15) is 0 Å². The highest BCUT2D eigenvalue weighted by molar-refractivity contribution is 5.84. The van der Waals surface area contributed by atoms with Gasteiger partial charge in [0.05, 0.1) is 7.11 Å². The number of benzene rings is 2. The minimum Gasteiger partial charge on any atom is -0.453 e. The SMILES string of the molecule is CN=C(NCCCc1ccccc1)NCc1ccc(NC(=O)OC)cc1. The summed E-state index contributed by atoms with van der Waals surface area (Å²) in [4.78, 5) is 15.4. The highest BCUT2D eigenvalue weighted by Gasteiger charge is 2.02. The second kappa shape index (κ2) is 10.8. The number of nitrogens with zero attached hydrogens (tertiary/aromatic N) is 1. The van der Waals surface area contributed by atoms with Gasteiger partial charge in [-0.15, -0.1) is 0 Å². The molecule has 6 heteroatoms. The topological polar surface area (TPSA) is 74.8 Å². The molecule has 0 saturated carbocycles. The van der Waals surface area contributed by atoms with E-state index in [0.717, 1.165) is 30.9 Å². The van der Waals surface area contributed by atoms with E-state index in [1.165, 1.54) is 12.7 Å². The Morgan fingerprint density at radius 3 is 2.38 bits per heavy atom. The average Bonchev–Trinajstić information content (AvgIpc) is 2.69. The predicted molar refractivity (Wildman–Crippen MR) is 105 cm³/mol. The van der Waals surface area contributed by atoms with Crippen molar-refractivity contribution < 1.29 is 9.53 Å². The van der Waals surface area contributed by atoms with Crippen molar-refractivity contribution in [3.8, 4) is 0 Å². The van der Waals surface area contributed by atoms with E-state index in [1.54, 1.807) is 7.05 Å². The van der Waals surface area contributed by atoms with Crippen LogP contribution in [0.25, 0.3) is 0 Å². The molecule has 0 fully saturated rings. The van der Waals surface area contributed by atoms with E-state index in [4.69, 9.17) is 0 Å². The molecular weight excluding hydrogens is 328 g/mol. The van der Waals surface area contributed by atoms with Crippen molar-refractivity contribution in [3.05, 3.63) is 65.7 Å². The zero-order valence-corrected chi connectivity index (χ0v) is 15.3. The fourth-order valence-electron chi connectivity index (χ4n) is 2.43. The highest BCUT2D eigenvalue weighted by atomic mass is 16.5. The number of nitrogens with one attached hydrogen (secondary N) is 3. The average molecular weight is 354 g/mol. The first-order chi connectivity index (χ1) is 12.7. The van der Waals surface area contributed by atoms with Gasteiger partial charge in [0.15, 0.2) is 5.96 Å². The summed E-state index contributed by atoms with van der Waals surface area (Å²) in [6.07, 6.45) is 1.61. The lowest BCUT2D eigenvalue weighted by atomic mass is 10.1. The maximum absolute atomic E-state index is 11.2. The largest absolute Gasteiger partial charge is 0.453 e. The van der Waals surface area contributed by atoms with E-state index in [2.05, 4.69) is 49.9 Å². The number of amides is 1. The van der Waals surface area contributed by atoms with Gasteiger partial charge in [0, 0.05) is 25.8 Å². The van der Waals surface area contributed by atoms with E-state index >= 15 is 0 Å². The molecule has 1 amide bonds. The van der Waals surface area contributed by atoms with Crippen LogP contribution in [0.3, 0.4) is 0 Å². The van der Waals surface area contributed by atoms with Crippen LogP contribution in [0.2, 0.25) is 0 Å². The molecule has 0 heterocycles. The minimum absolute atomic E-state index is 0.476.